The van der Waals surface area contributed by atoms with Crippen molar-refractivity contribution in [2.75, 3.05) is 0 Å². The first-order valence-corrected chi connectivity index (χ1v) is 3.82. The van der Waals surface area contributed by atoms with E-state index in [4.69, 9.17) is 23.2 Å². The molecule has 0 amide bonds. The SMILES string of the molecule is CC#CC(O)(C#CC)C(Cl)Cl. The van der Waals surface area contributed by atoms with Crippen LogP contribution in [0.3, 0.4) is 0 Å². The van der Waals surface area contributed by atoms with Gasteiger partial charge in [0.1, 0.15) is 0 Å². The van der Waals surface area contributed by atoms with Crippen LogP contribution in [0.4, 0.5) is 0 Å². The van der Waals surface area contributed by atoms with Gasteiger partial charge in [-0.05, 0) is 13.8 Å². The van der Waals surface area contributed by atoms with Crippen LogP contribution < -0.4 is 0 Å². The molecule has 0 aromatic heterocycles. The molecule has 0 heterocycles. The fourth-order valence-electron chi connectivity index (χ4n) is 0.521. The molecule has 0 aliphatic heterocycles. The quantitative estimate of drug-likeness (QED) is 0.492. The molecule has 11 heavy (non-hydrogen) atoms. The van der Waals surface area contributed by atoms with Crippen LogP contribution in [0.15, 0.2) is 0 Å². The second kappa shape index (κ2) is 4.52. The molecule has 60 valence electrons. The monoisotopic (exact) mass is 190 g/mol. The van der Waals surface area contributed by atoms with Crippen LogP contribution in [-0.2, 0) is 0 Å². The van der Waals surface area contributed by atoms with Gasteiger partial charge in [0.25, 0.3) is 0 Å². The molecule has 1 N–H and O–H groups in total. The van der Waals surface area contributed by atoms with Crippen LogP contribution in [-0.4, -0.2) is 15.5 Å². The lowest BCUT2D eigenvalue weighted by Gasteiger charge is -2.15. The molecule has 0 fully saturated rings. The molecular weight excluding hydrogens is 183 g/mol. The van der Waals surface area contributed by atoms with E-state index in [2.05, 4.69) is 23.7 Å². The van der Waals surface area contributed by atoms with Crippen molar-refractivity contribution in [3.8, 4) is 23.7 Å². The predicted molar refractivity (Wildman–Crippen MR) is 47.3 cm³/mol. The van der Waals surface area contributed by atoms with Gasteiger partial charge < -0.3 is 5.11 Å². The highest BCUT2D eigenvalue weighted by Crippen LogP contribution is 2.18. The van der Waals surface area contributed by atoms with Gasteiger partial charge in [0.15, 0.2) is 4.84 Å². The second-order valence-corrected chi connectivity index (χ2v) is 2.91. The van der Waals surface area contributed by atoms with E-state index in [1.807, 2.05) is 0 Å². The third-order valence-corrected chi connectivity index (χ3v) is 1.58. The molecule has 0 rings (SSSR count). The summed E-state index contributed by atoms with van der Waals surface area (Å²) in [5.41, 5.74) is -1.59. The van der Waals surface area contributed by atoms with Crippen molar-refractivity contribution in [3.63, 3.8) is 0 Å². The van der Waals surface area contributed by atoms with E-state index in [1.165, 1.54) is 0 Å². The average molecular weight is 191 g/mol. The van der Waals surface area contributed by atoms with E-state index < -0.39 is 10.4 Å². The van der Waals surface area contributed by atoms with Gasteiger partial charge >= 0.3 is 0 Å². The minimum Gasteiger partial charge on any atom is -0.365 e. The van der Waals surface area contributed by atoms with E-state index in [-0.39, 0.29) is 0 Å². The van der Waals surface area contributed by atoms with E-state index in [0.29, 0.717) is 0 Å². The minimum absolute atomic E-state index is 1.01. The minimum atomic E-state index is -1.59. The third kappa shape index (κ3) is 3.04. The van der Waals surface area contributed by atoms with Crippen LogP contribution in [0, 0.1) is 23.7 Å². The van der Waals surface area contributed by atoms with Gasteiger partial charge in [0.2, 0.25) is 5.60 Å². The molecule has 0 spiro atoms. The molecule has 0 saturated heterocycles. The topological polar surface area (TPSA) is 20.2 Å². The van der Waals surface area contributed by atoms with Crippen LogP contribution in [0.1, 0.15) is 13.8 Å². The Morgan fingerprint density at radius 2 is 1.55 bits per heavy atom. The van der Waals surface area contributed by atoms with E-state index in [0.717, 1.165) is 0 Å². The largest absolute Gasteiger partial charge is 0.365 e. The van der Waals surface area contributed by atoms with Gasteiger partial charge in [-0.2, -0.15) is 0 Å². The van der Waals surface area contributed by atoms with Crippen LogP contribution in [0.5, 0.6) is 0 Å². The Labute approximate surface area is 76.7 Å². The summed E-state index contributed by atoms with van der Waals surface area (Å²) in [5, 5.41) is 9.48. The first-order valence-electron chi connectivity index (χ1n) is 2.95. The third-order valence-electron chi connectivity index (χ3n) is 0.947. The Kier molecular flexibility index (Phi) is 4.38. The molecule has 3 heteroatoms. The molecule has 1 nitrogen and oxygen atoms in total. The van der Waals surface area contributed by atoms with Gasteiger partial charge in [0, 0.05) is 0 Å². The zero-order chi connectivity index (χ0) is 8.91. The Morgan fingerprint density at radius 3 is 1.73 bits per heavy atom. The predicted octanol–water partition coefficient (Wildman–Crippen LogP) is 1.57. The average Bonchev–Trinajstić information content (AvgIpc) is 1.88. The fraction of sp³-hybridized carbons (Fsp3) is 0.500. The highest BCUT2D eigenvalue weighted by Gasteiger charge is 2.29. The summed E-state index contributed by atoms with van der Waals surface area (Å²) >= 11 is 10.9. The molecule has 0 aromatic carbocycles. The Balaban J connectivity index is 4.71. The summed E-state index contributed by atoms with van der Waals surface area (Å²) in [5.74, 6) is 9.86. The van der Waals surface area contributed by atoms with Gasteiger partial charge in [-0.25, -0.2) is 0 Å². The van der Waals surface area contributed by atoms with Crippen LogP contribution in [0.2, 0.25) is 0 Å². The summed E-state index contributed by atoms with van der Waals surface area (Å²) in [7, 11) is 0. The van der Waals surface area contributed by atoms with Crippen molar-refractivity contribution < 1.29 is 5.11 Å². The number of hydrogen-bond donors (Lipinski definition) is 1. The van der Waals surface area contributed by atoms with Crippen molar-refractivity contribution in [1.82, 2.24) is 0 Å². The number of aliphatic hydroxyl groups is 1. The maximum absolute atomic E-state index is 9.48. The van der Waals surface area contributed by atoms with Crippen molar-refractivity contribution in [2.24, 2.45) is 0 Å². The van der Waals surface area contributed by atoms with Gasteiger partial charge in [-0.15, -0.1) is 11.8 Å². The molecule has 0 saturated carbocycles. The van der Waals surface area contributed by atoms with Crippen LogP contribution in [0.25, 0.3) is 0 Å². The molecular formula is C8H8Cl2O. The lowest BCUT2D eigenvalue weighted by atomic mass is 10.1. The summed E-state index contributed by atoms with van der Waals surface area (Å²) in [6.07, 6.45) is 0. The summed E-state index contributed by atoms with van der Waals surface area (Å²) < 4.78 is 0. The fourth-order valence-corrected chi connectivity index (χ4v) is 0.740. The number of alkyl halides is 2. The van der Waals surface area contributed by atoms with E-state index in [9.17, 15) is 5.11 Å². The van der Waals surface area contributed by atoms with E-state index in [1.54, 1.807) is 13.8 Å². The Bertz CT molecular complexity index is 216. The maximum Gasteiger partial charge on any atom is 0.218 e. The summed E-state index contributed by atoms with van der Waals surface area (Å²) in [4.78, 5) is -1.01. The highest BCUT2D eigenvalue weighted by molar-refractivity contribution is 6.45. The smallest absolute Gasteiger partial charge is 0.218 e. The first-order chi connectivity index (χ1) is 5.06. The molecule has 0 bridgehead atoms. The summed E-state index contributed by atoms with van der Waals surface area (Å²) in [6, 6.07) is 0. The van der Waals surface area contributed by atoms with Gasteiger partial charge in [0.05, 0.1) is 0 Å². The number of hydrogen-bond acceptors (Lipinski definition) is 1. The highest BCUT2D eigenvalue weighted by atomic mass is 35.5. The van der Waals surface area contributed by atoms with E-state index >= 15 is 0 Å². The zero-order valence-corrected chi connectivity index (χ0v) is 7.79. The summed E-state index contributed by atoms with van der Waals surface area (Å²) in [6.45, 7) is 3.16. The Morgan fingerprint density at radius 1 is 1.18 bits per heavy atom. The van der Waals surface area contributed by atoms with Crippen molar-refractivity contribution in [3.05, 3.63) is 0 Å². The molecule has 0 unspecified atom stereocenters. The number of rotatable bonds is 1. The van der Waals surface area contributed by atoms with Crippen molar-refractivity contribution >= 4 is 23.2 Å². The molecule has 0 aliphatic rings. The normalized spacial score (nSPS) is 9.64. The molecule has 0 radical (unpaired) electrons. The molecule has 0 atom stereocenters. The lowest BCUT2D eigenvalue weighted by molar-refractivity contribution is 0.178. The standard InChI is InChI=1S/C8H8Cl2O/c1-3-5-8(11,6-4-2)7(9)10/h7,11H,1-2H3. The number of halogens is 2. The van der Waals surface area contributed by atoms with Gasteiger partial charge in [-0.1, -0.05) is 35.0 Å². The molecule has 0 aliphatic carbocycles. The first kappa shape index (κ1) is 10.7. The Hall–Kier alpha value is -0.340. The van der Waals surface area contributed by atoms with Crippen LogP contribution >= 0.6 is 23.2 Å². The zero-order valence-electron chi connectivity index (χ0n) is 6.28. The van der Waals surface area contributed by atoms with Gasteiger partial charge in [-0.3, -0.25) is 0 Å². The van der Waals surface area contributed by atoms with Crippen molar-refractivity contribution in [2.45, 2.75) is 24.3 Å². The van der Waals surface area contributed by atoms with Crippen molar-refractivity contribution in [1.29, 1.82) is 0 Å². The lowest BCUT2D eigenvalue weighted by Crippen LogP contribution is -2.32. The maximum atomic E-state index is 9.48. The second-order valence-electron chi connectivity index (χ2n) is 1.82. The molecule has 0 aromatic rings.